The summed E-state index contributed by atoms with van der Waals surface area (Å²) in [5.41, 5.74) is 6.60. The first-order valence-corrected chi connectivity index (χ1v) is 20.4. The third-order valence-electron chi connectivity index (χ3n) is 8.90. The van der Waals surface area contributed by atoms with Crippen LogP contribution in [0.4, 0.5) is 17.1 Å². The van der Waals surface area contributed by atoms with Crippen LogP contribution in [-0.2, 0) is 51.1 Å². The molecule has 55 heavy (non-hydrogen) atoms. The average Bonchev–Trinajstić information content (AvgIpc) is 3.90. The first-order valence-electron chi connectivity index (χ1n) is 18.7. The molecule has 3 heterocycles. The van der Waals surface area contributed by atoms with Crippen LogP contribution >= 0.6 is 22.7 Å². The zero-order valence-electron chi connectivity index (χ0n) is 32.3. The van der Waals surface area contributed by atoms with Crippen LogP contribution in [0.15, 0.2) is 97.1 Å². The molecule has 0 unspecified atom stereocenters. The Morgan fingerprint density at radius 2 is 0.964 bits per heavy atom. The molecule has 0 spiro atoms. The van der Waals surface area contributed by atoms with Gasteiger partial charge in [0.05, 0.1) is 84.2 Å². The van der Waals surface area contributed by atoms with Crippen LogP contribution in [-0.4, -0.2) is 80.3 Å². The van der Waals surface area contributed by atoms with Crippen LogP contribution in [0.5, 0.6) is 0 Å². The minimum atomic E-state index is -0.288. The first-order chi connectivity index (χ1) is 26.9. The number of hydrogen-bond donors (Lipinski definition) is 0. The molecule has 0 amide bonds. The number of rotatable bonds is 22. The van der Waals surface area contributed by atoms with Gasteiger partial charge in [0, 0.05) is 51.3 Å². The van der Waals surface area contributed by atoms with E-state index in [2.05, 4.69) is 116 Å². The maximum atomic E-state index is 6.04. The maximum Gasteiger partial charge on any atom is 0.193 e. The van der Waals surface area contributed by atoms with Gasteiger partial charge in [0.1, 0.15) is 0 Å². The average molecular weight is 788 g/mol. The molecule has 0 bridgehead atoms. The van der Waals surface area contributed by atoms with Crippen LogP contribution in [0, 0.1) is 5.41 Å². The van der Waals surface area contributed by atoms with Gasteiger partial charge in [0.2, 0.25) is 0 Å². The zero-order chi connectivity index (χ0) is 38.3. The molecule has 3 aromatic carbocycles. The summed E-state index contributed by atoms with van der Waals surface area (Å²) < 4.78 is 44.9. The summed E-state index contributed by atoms with van der Waals surface area (Å²) >= 11 is 3.54. The van der Waals surface area contributed by atoms with Gasteiger partial charge in [0.15, 0.2) is 6.29 Å². The Hall–Kier alpha value is -3.46. The lowest BCUT2D eigenvalue weighted by molar-refractivity contribution is -0.224. The minimum Gasteiger partial charge on any atom is -0.382 e. The van der Waals surface area contributed by atoms with E-state index in [1.165, 1.54) is 20.2 Å². The summed E-state index contributed by atoms with van der Waals surface area (Å²) in [6.45, 7) is 11.2. The fourth-order valence-corrected chi connectivity index (χ4v) is 8.01. The van der Waals surface area contributed by atoms with E-state index in [9.17, 15) is 0 Å². The van der Waals surface area contributed by atoms with Crippen molar-refractivity contribution in [3.8, 4) is 20.2 Å². The van der Waals surface area contributed by atoms with Crippen molar-refractivity contribution >= 4 is 39.7 Å². The molecule has 5 aromatic rings. The van der Waals surface area contributed by atoms with Crippen molar-refractivity contribution in [1.82, 2.24) is 0 Å². The zero-order valence-corrected chi connectivity index (χ0v) is 34.0. The molecule has 1 aliphatic rings. The molecule has 9 nitrogen and oxygen atoms in total. The van der Waals surface area contributed by atoms with Gasteiger partial charge in [-0.05, 0) is 77.4 Å². The fraction of sp³-hybridized carbons (Fsp3) is 0.409. The molecule has 0 saturated carbocycles. The minimum absolute atomic E-state index is 0.0484. The largest absolute Gasteiger partial charge is 0.382 e. The lowest BCUT2D eigenvalue weighted by atomic mass is 9.96. The predicted octanol–water partition coefficient (Wildman–Crippen LogP) is 10.0. The van der Waals surface area contributed by atoms with Crippen molar-refractivity contribution in [3.05, 3.63) is 113 Å². The summed E-state index contributed by atoms with van der Waals surface area (Å²) in [6.07, 6.45) is -0.288. The fourth-order valence-electron chi connectivity index (χ4n) is 5.90. The Balaban J connectivity index is 1.13. The normalized spacial score (nSPS) is 14.4. The van der Waals surface area contributed by atoms with Crippen LogP contribution in [0.2, 0.25) is 0 Å². The van der Waals surface area contributed by atoms with Gasteiger partial charge in [-0.15, -0.1) is 22.7 Å². The topological polar surface area (TPSA) is 77.1 Å². The third kappa shape index (κ3) is 12.3. The van der Waals surface area contributed by atoms with Crippen molar-refractivity contribution in [1.29, 1.82) is 0 Å². The quantitative estimate of drug-likeness (QED) is 0.0638. The Bertz CT molecular complexity index is 1770. The summed E-state index contributed by atoms with van der Waals surface area (Å²) in [5, 5.41) is 0. The Morgan fingerprint density at radius 1 is 0.527 bits per heavy atom. The molecular formula is C44H53NO8S2. The highest BCUT2D eigenvalue weighted by molar-refractivity contribution is 7.23. The lowest BCUT2D eigenvalue weighted by Crippen LogP contribution is -2.33. The second kappa shape index (κ2) is 21.2. The second-order valence-corrected chi connectivity index (χ2v) is 16.2. The van der Waals surface area contributed by atoms with Gasteiger partial charge in [-0.3, -0.25) is 0 Å². The number of benzene rings is 3. The predicted molar refractivity (Wildman–Crippen MR) is 221 cm³/mol. The van der Waals surface area contributed by atoms with Crippen molar-refractivity contribution in [2.45, 2.75) is 33.4 Å². The standard InChI is InChI=1S/C44H53NO8S2/c1-44(2)31-52-43(53-32-44)42-20-19-41(55-42)40-18-17-39(54-40)35-9-15-38(16-10-35)45(36-11-5-33(6-12-36)29-50-27-25-48-23-21-46-3)37-13-7-34(8-14-37)30-51-28-26-49-24-22-47-4/h5-20,43H,21-32H2,1-4H3. The molecule has 294 valence electrons. The lowest BCUT2D eigenvalue weighted by Gasteiger charge is -2.34. The van der Waals surface area contributed by atoms with Crippen LogP contribution in [0.3, 0.4) is 0 Å². The Labute approximate surface area is 333 Å². The van der Waals surface area contributed by atoms with E-state index in [1.807, 2.05) is 0 Å². The summed E-state index contributed by atoms with van der Waals surface area (Å²) in [7, 11) is 3.34. The van der Waals surface area contributed by atoms with E-state index in [1.54, 1.807) is 36.9 Å². The number of ether oxygens (including phenoxy) is 8. The molecule has 6 rings (SSSR count). The van der Waals surface area contributed by atoms with Gasteiger partial charge >= 0.3 is 0 Å². The SMILES string of the molecule is COCCOCCOCc1ccc(N(c2ccc(COCCOCCOC)cc2)c2ccc(-c3ccc(-c4ccc(C5OCC(C)(C)CO5)s4)s3)cc2)cc1. The van der Waals surface area contributed by atoms with Crippen LogP contribution in [0.25, 0.3) is 20.2 Å². The van der Waals surface area contributed by atoms with Gasteiger partial charge in [0.25, 0.3) is 0 Å². The molecular weight excluding hydrogens is 735 g/mol. The van der Waals surface area contributed by atoms with Crippen molar-refractivity contribution in [2.75, 3.05) is 85.2 Å². The molecule has 1 fully saturated rings. The Morgan fingerprint density at radius 3 is 1.49 bits per heavy atom. The molecule has 0 radical (unpaired) electrons. The van der Waals surface area contributed by atoms with E-state index < -0.39 is 0 Å². The molecule has 0 N–H and O–H groups in total. The molecule has 1 aliphatic heterocycles. The highest BCUT2D eigenvalue weighted by Gasteiger charge is 2.30. The highest BCUT2D eigenvalue weighted by Crippen LogP contribution is 2.42. The third-order valence-corrected chi connectivity index (χ3v) is 11.3. The second-order valence-electron chi connectivity index (χ2n) is 14.0. The van der Waals surface area contributed by atoms with E-state index in [0.29, 0.717) is 79.3 Å². The smallest absolute Gasteiger partial charge is 0.193 e. The monoisotopic (exact) mass is 787 g/mol. The molecule has 2 aromatic heterocycles. The van der Waals surface area contributed by atoms with Crippen LogP contribution < -0.4 is 4.90 Å². The maximum absolute atomic E-state index is 6.04. The van der Waals surface area contributed by atoms with Crippen molar-refractivity contribution < 1.29 is 37.9 Å². The summed E-state index contributed by atoms with van der Waals surface area (Å²) in [6, 6.07) is 34.6. The molecule has 0 aliphatic carbocycles. The van der Waals surface area contributed by atoms with E-state index in [-0.39, 0.29) is 11.7 Å². The number of anilines is 3. The number of thiophene rings is 2. The summed E-state index contributed by atoms with van der Waals surface area (Å²) in [4.78, 5) is 7.06. The first kappa shape index (κ1) is 41.2. The van der Waals surface area contributed by atoms with E-state index in [4.69, 9.17) is 37.9 Å². The van der Waals surface area contributed by atoms with Gasteiger partial charge < -0.3 is 42.8 Å². The highest BCUT2D eigenvalue weighted by atomic mass is 32.1. The molecule has 0 atom stereocenters. The van der Waals surface area contributed by atoms with Crippen LogP contribution in [0.1, 0.15) is 36.1 Å². The van der Waals surface area contributed by atoms with E-state index >= 15 is 0 Å². The number of methoxy groups -OCH3 is 2. The number of hydrogen-bond acceptors (Lipinski definition) is 11. The van der Waals surface area contributed by atoms with Crippen molar-refractivity contribution in [3.63, 3.8) is 0 Å². The molecule has 1 saturated heterocycles. The molecule has 11 heteroatoms. The van der Waals surface area contributed by atoms with Crippen molar-refractivity contribution in [2.24, 2.45) is 5.41 Å². The number of nitrogens with zero attached hydrogens (tertiary/aromatic N) is 1. The Kier molecular flexibility index (Phi) is 15.9. The summed E-state index contributed by atoms with van der Waals surface area (Å²) in [5.74, 6) is 0. The van der Waals surface area contributed by atoms with Gasteiger partial charge in [-0.25, -0.2) is 0 Å². The van der Waals surface area contributed by atoms with E-state index in [0.717, 1.165) is 33.1 Å². The van der Waals surface area contributed by atoms with Gasteiger partial charge in [-0.1, -0.05) is 50.2 Å². The van der Waals surface area contributed by atoms with Gasteiger partial charge in [-0.2, -0.15) is 0 Å².